The van der Waals surface area contributed by atoms with Crippen LogP contribution in [0.4, 0.5) is 4.39 Å². The van der Waals surface area contributed by atoms with Crippen molar-refractivity contribution in [3.63, 3.8) is 0 Å². The molecule has 0 bridgehead atoms. The molecule has 1 nitrogen and oxygen atoms in total. The fourth-order valence-corrected chi connectivity index (χ4v) is 1.79. The summed E-state index contributed by atoms with van der Waals surface area (Å²) in [4.78, 5) is 0. The first kappa shape index (κ1) is 11.4. The van der Waals surface area contributed by atoms with E-state index in [4.69, 9.17) is 0 Å². The maximum Gasteiger partial charge on any atom is 0.137 e. The van der Waals surface area contributed by atoms with Gasteiger partial charge in [0.25, 0.3) is 0 Å². The Morgan fingerprint density at radius 2 is 2.21 bits per heavy atom. The second-order valence-electron chi connectivity index (χ2n) is 3.24. The lowest BCUT2D eigenvalue weighted by Crippen LogP contribution is -2.17. The van der Waals surface area contributed by atoms with E-state index < -0.39 is 0 Å². The topological polar surface area (TPSA) is 12.0 Å². The van der Waals surface area contributed by atoms with Crippen molar-refractivity contribution < 1.29 is 4.39 Å². The van der Waals surface area contributed by atoms with Gasteiger partial charge in [0, 0.05) is 0 Å². The summed E-state index contributed by atoms with van der Waals surface area (Å²) in [6, 6.07) is 5.06. The number of halogens is 2. The van der Waals surface area contributed by atoms with Crippen LogP contribution in [-0.4, -0.2) is 7.05 Å². The van der Waals surface area contributed by atoms with Crippen LogP contribution in [0, 0.1) is 5.82 Å². The molecule has 1 aromatic carbocycles. The molecule has 1 rings (SSSR count). The summed E-state index contributed by atoms with van der Waals surface area (Å²) in [5.74, 6) is -0.245. The fourth-order valence-electron chi connectivity index (χ4n) is 1.39. The minimum atomic E-state index is -0.245. The summed E-state index contributed by atoms with van der Waals surface area (Å²) >= 11 is 3.16. The van der Waals surface area contributed by atoms with E-state index in [2.05, 4.69) is 27.8 Å². The lowest BCUT2D eigenvalue weighted by atomic mass is 10.0. The second-order valence-corrected chi connectivity index (χ2v) is 4.10. The van der Waals surface area contributed by atoms with Crippen LogP contribution < -0.4 is 5.32 Å². The maximum atomic E-state index is 13.0. The molecule has 0 amide bonds. The zero-order valence-corrected chi connectivity index (χ0v) is 9.86. The van der Waals surface area contributed by atoms with Gasteiger partial charge in [-0.15, -0.1) is 0 Å². The molecule has 0 saturated heterocycles. The third-order valence-electron chi connectivity index (χ3n) is 2.06. The van der Waals surface area contributed by atoms with E-state index in [-0.39, 0.29) is 11.9 Å². The summed E-state index contributed by atoms with van der Waals surface area (Å²) in [5, 5.41) is 3.12. The molecule has 76 valence electrons. The van der Waals surface area contributed by atoms with Crippen LogP contribution in [0.25, 0.3) is 0 Å². The zero-order chi connectivity index (χ0) is 10.7. The van der Waals surface area contributed by atoms with E-state index in [1.54, 1.807) is 12.1 Å². The van der Waals surface area contributed by atoms with Gasteiger partial charge in [-0.2, -0.15) is 0 Å². The first-order chi connectivity index (χ1) is 6.56. The lowest BCUT2D eigenvalue weighted by Gasteiger charge is -2.16. The molecule has 1 atom stereocenters. The molecule has 1 N–H and O–H groups in total. The highest BCUT2D eigenvalue weighted by Crippen LogP contribution is 2.24. The van der Waals surface area contributed by atoms with Gasteiger partial charge in [0.1, 0.15) is 5.82 Å². The molecule has 1 aromatic rings. The van der Waals surface area contributed by atoms with E-state index in [0.717, 1.165) is 11.1 Å². The van der Waals surface area contributed by atoms with Crippen LogP contribution in [0.1, 0.15) is 18.5 Å². The summed E-state index contributed by atoms with van der Waals surface area (Å²) in [6.07, 6.45) is 0. The molecule has 0 heterocycles. The third-order valence-corrected chi connectivity index (χ3v) is 2.67. The normalized spacial score (nSPS) is 12.6. The third kappa shape index (κ3) is 2.42. The molecule has 14 heavy (non-hydrogen) atoms. The molecular weight excluding hydrogens is 245 g/mol. The van der Waals surface area contributed by atoms with Crippen molar-refractivity contribution in [1.29, 1.82) is 0 Å². The first-order valence-corrected chi connectivity index (χ1v) is 5.13. The number of likely N-dealkylation sites (N-methyl/N-ethyl adjacent to an activating group) is 1. The first-order valence-electron chi connectivity index (χ1n) is 4.34. The standard InChI is InChI=1S/C11H13BrFN/c1-7(2)11(14-3)8-4-5-10(13)9(12)6-8/h4-6,11,14H,1H2,2-3H3. The van der Waals surface area contributed by atoms with Crippen molar-refractivity contribution in [3.8, 4) is 0 Å². The van der Waals surface area contributed by atoms with E-state index in [0.29, 0.717) is 4.47 Å². The maximum absolute atomic E-state index is 13.0. The highest BCUT2D eigenvalue weighted by atomic mass is 79.9. The van der Waals surface area contributed by atoms with Gasteiger partial charge in [-0.1, -0.05) is 18.2 Å². The summed E-state index contributed by atoms with van der Waals surface area (Å²) in [7, 11) is 1.86. The van der Waals surface area contributed by atoms with Gasteiger partial charge in [-0.3, -0.25) is 0 Å². The average Bonchev–Trinajstić information content (AvgIpc) is 2.11. The van der Waals surface area contributed by atoms with Crippen molar-refractivity contribution in [2.45, 2.75) is 13.0 Å². The monoisotopic (exact) mass is 257 g/mol. The lowest BCUT2D eigenvalue weighted by molar-refractivity contribution is 0.616. The fraction of sp³-hybridized carbons (Fsp3) is 0.273. The predicted octanol–water partition coefficient (Wildman–Crippen LogP) is 3.42. The number of hydrogen-bond donors (Lipinski definition) is 1. The van der Waals surface area contributed by atoms with Gasteiger partial charge < -0.3 is 5.32 Å². The molecule has 0 aromatic heterocycles. The van der Waals surface area contributed by atoms with Gasteiger partial charge in [-0.25, -0.2) is 4.39 Å². The molecule has 0 fully saturated rings. The van der Waals surface area contributed by atoms with Gasteiger partial charge in [0.2, 0.25) is 0 Å². The average molecular weight is 258 g/mol. The Hall–Kier alpha value is -0.670. The Morgan fingerprint density at radius 3 is 2.64 bits per heavy atom. The molecule has 0 aliphatic heterocycles. The minimum Gasteiger partial charge on any atom is -0.310 e. The van der Waals surface area contributed by atoms with Crippen LogP contribution in [0.5, 0.6) is 0 Å². The largest absolute Gasteiger partial charge is 0.310 e. The quantitative estimate of drug-likeness (QED) is 0.819. The van der Waals surface area contributed by atoms with Crippen LogP contribution >= 0.6 is 15.9 Å². The number of rotatable bonds is 3. The summed E-state index contributed by atoms with van der Waals surface area (Å²) < 4.78 is 13.5. The van der Waals surface area contributed by atoms with E-state index >= 15 is 0 Å². The Kier molecular flexibility index (Phi) is 3.84. The molecule has 0 aliphatic carbocycles. The zero-order valence-electron chi connectivity index (χ0n) is 8.27. The van der Waals surface area contributed by atoms with E-state index in [1.807, 2.05) is 14.0 Å². The van der Waals surface area contributed by atoms with Crippen molar-refractivity contribution in [3.05, 3.63) is 46.2 Å². The SMILES string of the molecule is C=C(C)C(NC)c1ccc(F)c(Br)c1. The highest BCUT2D eigenvalue weighted by Gasteiger charge is 2.11. The summed E-state index contributed by atoms with van der Waals surface area (Å²) in [5.41, 5.74) is 2.01. The molecule has 0 aliphatic rings. The smallest absolute Gasteiger partial charge is 0.137 e. The summed E-state index contributed by atoms with van der Waals surface area (Å²) in [6.45, 7) is 5.83. The van der Waals surface area contributed by atoms with E-state index in [1.165, 1.54) is 6.07 Å². The van der Waals surface area contributed by atoms with Crippen LogP contribution in [0.15, 0.2) is 34.8 Å². The van der Waals surface area contributed by atoms with Crippen molar-refractivity contribution in [2.24, 2.45) is 0 Å². The highest BCUT2D eigenvalue weighted by molar-refractivity contribution is 9.10. The number of hydrogen-bond acceptors (Lipinski definition) is 1. The minimum absolute atomic E-state index is 0.0758. The van der Waals surface area contributed by atoms with Gasteiger partial charge in [-0.05, 0) is 47.6 Å². The van der Waals surface area contributed by atoms with Crippen molar-refractivity contribution in [2.75, 3.05) is 7.05 Å². The Balaban J connectivity index is 3.06. The van der Waals surface area contributed by atoms with Gasteiger partial charge in [0.15, 0.2) is 0 Å². The number of nitrogens with one attached hydrogen (secondary N) is 1. The molecular formula is C11H13BrFN. The molecule has 0 radical (unpaired) electrons. The Labute approximate surface area is 92.1 Å². The van der Waals surface area contributed by atoms with E-state index in [9.17, 15) is 4.39 Å². The van der Waals surface area contributed by atoms with Gasteiger partial charge >= 0.3 is 0 Å². The second kappa shape index (κ2) is 4.71. The van der Waals surface area contributed by atoms with Gasteiger partial charge in [0.05, 0.1) is 10.5 Å². The van der Waals surface area contributed by atoms with Crippen molar-refractivity contribution in [1.82, 2.24) is 5.32 Å². The van der Waals surface area contributed by atoms with Crippen LogP contribution in [0.3, 0.4) is 0 Å². The Morgan fingerprint density at radius 1 is 1.57 bits per heavy atom. The Bertz CT molecular complexity index is 349. The van der Waals surface area contributed by atoms with Crippen molar-refractivity contribution >= 4 is 15.9 Å². The molecule has 0 spiro atoms. The predicted molar refractivity (Wildman–Crippen MR) is 60.7 cm³/mol. The molecule has 0 saturated carbocycles. The molecule has 1 unspecified atom stereocenters. The van der Waals surface area contributed by atoms with Crippen LogP contribution in [-0.2, 0) is 0 Å². The molecule has 3 heteroatoms. The van der Waals surface area contributed by atoms with Crippen LogP contribution in [0.2, 0.25) is 0 Å². The number of benzene rings is 1.